The van der Waals surface area contributed by atoms with Crippen LogP contribution in [-0.4, -0.2) is 23.1 Å². The van der Waals surface area contributed by atoms with Crippen molar-refractivity contribution in [3.8, 4) is 11.5 Å². The first-order valence-corrected chi connectivity index (χ1v) is 6.51. The fraction of sp³-hybridized carbons (Fsp3) is 0.286. The number of nitrogens with one attached hydrogen (secondary N) is 2. The molecule has 0 fully saturated rings. The predicted molar refractivity (Wildman–Crippen MR) is 79.7 cm³/mol. The third-order valence-electron chi connectivity index (χ3n) is 3.19. The molecule has 0 radical (unpaired) electrons. The molecule has 1 aliphatic rings. The molecule has 2 rings (SSSR count). The van der Waals surface area contributed by atoms with Crippen molar-refractivity contribution < 1.29 is 14.6 Å². The molecular weight excluding hydrogens is 276 g/mol. The first-order valence-electron chi connectivity index (χ1n) is 6.10. The Morgan fingerprint density at radius 1 is 1.45 bits per heavy atom. The van der Waals surface area contributed by atoms with Gasteiger partial charge in [0.05, 0.1) is 13.2 Å². The van der Waals surface area contributed by atoms with Gasteiger partial charge in [0.25, 0.3) is 0 Å². The molecule has 1 aromatic rings. The van der Waals surface area contributed by atoms with E-state index in [1.54, 1.807) is 12.1 Å². The number of ether oxygens (including phenoxy) is 1. The van der Waals surface area contributed by atoms with Crippen LogP contribution < -0.4 is 15.4 Å². The second kappa shape index (κ2) is 5.50. The molecule has 106 valence electrons. The number of rotatable bonds is 3. The van der Waals surface area contributed by atoms with Gasteiger partial charge >= 0.3 is 0 Å². The number of aromatic hydroxyl groups is 1. The molecule has 0 aromatic heterocycles. The summed E-state index contributed by atoms with van der Waals surface area (Å²) >= 11 is 5.14. The van der Waals surface area contributed by atoms with Crippen LogP contribution in [0, 0.1) is 0 Å². The molecule has 0 saturated heterocycles. The molecule has 1 heterocycles. The number of methoxy groups -OCH3 is 1. The summed E-state index contributed by atoms with van der Waals surface area (Å²) in [6, 6.07) is 4.61. The van der Waals surface area contributed by atoms with E-state index >= 15 is 0 Å². The summed E-state index contributed by atoms with van der Waals surface area (Å²) in [6.45, 7) is 3.33. The molecular formula is C14H16N2O3S. The van der Waals surface area contributed by atoms with Gasteiger partial charge < -0.3 is 20.5 Å². The average molecular weight is 292 g/mol. The Morgan fingerprint density at radius 3 is 2.75 bits per heavy atom. The predicted octanol–water partition coefficient (Wildman–Crippen LogP) is 1.78. The van der Waals surface area contributed by atoms with Crippen molar-refractivity contribution in [2.45, 2.75) is 19.9 Å². The van der Waals surface area contributed by atoms with Gasteiger partial charge in [-0.15, -0.1) is 0 Å². The van der Waals surface area contributed by atoms with Crippen molar-refractivity contribution in [3.63, 3.8) is 0 Å². The summed E-state index contributed by atoms with van der Waals surface area (Å²) in [5, 5.41) is 16.1. The molecule has 6 heteroatoms. The highest BCUT2D eigenvalue weighted by Gasteiger charge is 2.28. The van der Waals surface area contributed by atoms with Crippen molar-refractivity contribution in [2.24, 2.45) is 0 Å². The van der Waals surface area contributed by atoms with Gasteiger partial charge in [-0.1, -0.05) is 6.07 Å². The summed E-state index contributed by atoms with van der Waals surface area (Å²) in [6.07, 6.45) is 0. The lowest BCUT2D eigenvalue weighted by Gasteiger charge is -2.30. The molecule has 1 atom stereocenters. The van der Waals surface area contributed by atoms with Crippen molar-refractivity contribution in [3.05, 3.63) is 35.0 Å². The smallest absolute Gasteiger partial charge is 0.171 e. The van der Waals surface area contributed by atoms with Crippen molar-refractivity contribution in [2.75, 3.05) is 7.11 Å². The number of benzene rings is 1. The van der Waals surface area contributed by atoms with Crippen LogP contribution in [0.3, 0.4) is 0 Å². The maximum Gasteiger partial charge on any atom is 0.171 e. The largest absolute Gasteiger partial charge is 0.504 e. The molecule has 5 nitrogen and oxygen atoms in total. The number of hydrogen-bond acceptors (Lipinski definition) is 4. The molecule has 0 bridgehead atoms. The lowest BCUT2D eigenvalue weighted by molar-refractivity contribution is -0.114. The first-order chi connectivity index (χ1) is 9.43. The van der Waals surface area contributed by atoms with Crippen LogP contribution in [0.25, 0.3) is 0 Å². The van der Waals surface area contributed by atoms with Crippen LogP contribution in [-0.2, 0) is 4.79 Å². The zero-order chi connectivity index (χ0) is 14.9. The fourth-order valence-corrected chi connectivity index (χ4v) is 2.56. The third-order valence-corrected chi connectivity index (χ3v) is 3.41. The molecule has 1 aromatic carbocycles. The lowest BCUT2D eigenvalue weighted by Crippen LogP contribution is -2.44. The van der Waals surface area contributed by atoms with Crippen LogP contribution in [0.5, 0.6) is 11.5 Å². The maximum absolute atomic E-state index is 11.9. The molecule has 0 aliphatic carbocycles. The van der Waals surface area contributed by atoms with E-state index in [2.05, 4.69) is 10.6 Å². The zero-order valence-corrected chi connectivity index (χ0v) is 12.3. The van der Waals surface area contributed by atoms with Crippen molar-refractivity contribution in [1.82, 2.24) is 10.6 Å². The Bertz CT molecular complexity index is 610. The van der Waals surface area contributed by atoms with E-state index < -0.39 is 0 Å². The zero-order valence-electron chi connectivity index (χ0n) is 11.5. The minimum Gasteiger partial charge on any atom is -0.504 e. The van der Waals surface area contributed by atoms with Gasteiger partial charge in [-0.3, -0.25) is 4.79 Å². The molecule has 0 spiro atoms. The van der Waals surface area contributed by atoms with Gasteiger partial charge in [0.15, 0.2) is 22.4 Å². The van der Waals surface area contributed by atoms with E-state index in [1.165, 1.54) is 20.1 Å². The molecule has 0 saturated carbocycles. The SMILES string of the molecule is COc1cc([C@@H]2NC(=S)NC(C)=C2C(C)=O)ccc1O. The Labute approximate surface area is 122 Å². The van der Waals surface area contributed by atoms with E-state index in [9.17, 15) is 9.90 Å². The fourth-order valence-electron chi connectivity index (χ4n) is 2.28. The number of ketones is 1. The van der Waals surface area contributed by atoms with Crippen LogP contribution >= 0.6 is 12.2 Å². The molecule has 1 aliphatic heterocycles. The summed E-state index contributed by atoms with van der Waals surface area (Å²) in [7, 11) is 1.48. The summed E-state index contributed by atoms with van der Waals surface area (Å²) < 4.78 is 5.10. The number of phenols is 1. The second-order valence-corrected chi connectivity index (χ2v) is 4.97. The second-order valence-electron chi connectivity index (χ2n) is 4.56. The van der Waals surface area contributed by atoms with Gasteiger partial charge in [0.1, 0.15) is 0 Å². The number of carbonyl (C=O) groups excluding carboxylic acids is 1. The Kier molecular flexibility index (Phi) is 3.94. The molecule has 3 N–H and O–H groups in total. The van der Waals surface area contributed by atoms with Crippen LogP contribution in [0.15, 0.2) is 29.5 Å². The van der Waals surface area contributed by atoms with Crippen LogP contribution in [0.1, 0.15) is 25.5 Å². The topological polar surface area (TPSA) is 70.6 Å². The van der Waals surface area contributed by atoms with E-state index in [1.807, 2.05) is 6.92 Å². The Balaban J connectivity index is 2.51. The summed E-state index contributed by atoms with van der Waals surface area (Å²) in [4.78, 5) is 11.9. The minimum absolute atomic E-state index is 0.0398. The van der Waals surface area contributed by atoms with Crippen LogP contribution in [0.2, 0.25) is 0 Å². The minimum atomic E-state index is -0.351. The Morgan fingerprint density at radius 2 is 2.15 bits per heavy atom. The average Bonchev–Trinajstić information content (AvgIpc) is 2.37. The molecule has 0 amide bonds. The molecule has 0 unspecified atom stereocenters. The van der Waals surface area contributed by atoms with E-state index in [0.29, 0.717) is 16.4 Å². The van der Waals surface area contributed by atoms with Crippen molar-refractivity contribution >= 4 is 23.1 Å². The number of hydrogen-bond donors (Lipinski definition) is 3. The van der Waals surface area contributed by atoms with E-state index in [0.717, 1.165) is 11.3 Å². The van der Waals surface area contributed by atoms with Gasteiger partial charge in [-0.05, 0) is 43.8 Å². The maximum atomic E-state index is 11.9. The third kappa shape index (κ3) is 2.60. The lowest BCUT2D eigenvalue weighted by atomic mass is 9.93. The highest BCUT2D eigenvalue weighted by Crippen LogP contribution is 2.33. The number of Topliss-reactive ketones (excluding diaryl/α,β-unsaturated/α-hetero) is 1. The van der Waals surface area contributed by atoms with Crippen molar-refractivity contribution in [1.29, 1.82) is 0 Å². The van der Waals surface area contributed by atoms with Crippen LogP contribution in [0.4, 0.5) is 0 Å². The number of thiocarbonyl (C=S) groups is 1. The standard InChI is InChI=1S/C14H16N2O3S/c1-7-12(8(2)17)13(16-14(20)15-7)9-4-5-10(18)11(6-9)19-3/h4-6,13,18H,1-3H3,(H2,15,16,20)/t13-/m0/s1. The quantitative estimate of drug-likeness (QED) is 0.738. The first kappa shape index (κ1) is 14.3. The highest BCUT2D eigenvalue weighted by atomic mass is 32.1. The number of phenolic OH excluding ortho intramolecular Hbond substituents is 1. The summed E-state index contributed by atoms with van der Waals surface area (Å²) in [5.41, 5.74) is 2.15. The number of carbonyl (C=O) groups is 1. The van der Waals surface area contributed by atoms with Gasteiger partial charge in [-0.25, -0.2) is 0 Å². The molecule has 20 heavy (non-hydrogen) atoms. The van der Waals surface area contributed by atoms with E-state index in [-0.39, 0.29) is 17.6 Å². The van der Waals surface area contributed by atoms with Gasteiger partial charge in [0, 0.05) is 11.3 Å². The van der Waals surface area contributed by atoms with E-state index in [4.69, 9.17) is 17.0 Å². The summed E-state index contributed by atoms with van der Waals surface area (Å²) in [5.74, 6) is 0.370. The van der Waals surface area contributed by atoms with Gasteiger partial charge in [-0.2, -0.15) is 0 Å². The Hall–Kier alpha value is -2.08. The number of allylic oxidation sites excluding steroid dienone is 1. The van der Waals surface area contributed by atoms with Gasteiger partial charge in [0.2, 0.25) is 0 Å². The normalized spacial score (nSPS) is 18.4. The highest BCUT2D eigenvalue weighted by molar-refractivity contribution is 7.80. The monoisotopic (exact) mass is 292 g/mol.